The molecule has 0 aliphatic carbocycles. The third kappa shape index (κ3) is 7.48. The van der Waals surface area contributed by atoms with Crippen LogP contribution in [-0.2, 0) is 17.8 Å². The van der Waals surface area contributed by atoms with E-state index in [1.165, 1.54) is 42.3 Å². The van der Waals surface area contributed by atoms with Crippen LogP contribution in [-0.4, -0.2) is 21.6 Å². The molecule has 2 aromatic rings. The SMILES string of the molecule is CCCCCCCCc1c(C)nn(C(=O)CCC(=O)NCc2ccccc2)c1C. The number of unbranched alkanes of at least 4 members (excludes halogenated alkanes) is 5. The first-order chi connectivity index (χ1) is 14.0. The van der Waals surface area contributed by atoms with Crippen LogP contribution in [0.5, 0.6) is 0 Å². The Kier molecular flexibility index (Phi) is 9.62. The number of nitrogens with zero attached hydrogens (tertiary/aromatic N) is 2. The Balaban J connectivity index is 1.78. The maximum atomic E-state index is 12.6. The number of hydrogen-bond acceptors (Lipinski definition) is 3. The number of aromatic nitrogens is 2. The lowest BCUT2D eigenvalue weighted by molar-refractivity contribution is -0.121. The first kappa shape index (κ1) is 22.9. The van der Waals surface area contributed by atoms with E-state index in [2.05, 4.69) is 17.3 Å². The van der Waals surface area contributed by atoms with Crippen molar-refractivity contribution in [2.75, 3.05) is 0 Å². The molecule has 1 N–H and O–H groups in total. The summed E-state index contributed by atoms with van der Waals surface area (Å²) in [5.74, 6) is -0.231. The molecule has 0 saturated heterocycles. The van der Waals surface area contributed by atoms with Gasteiger partial charge in [-0.25, -0.2) is 4.68 Å². The molecule has 158 valence electrons. The summed E-state index contributed by atoms with van der Waals surface area (Å²) in [6.07, 6.45) is 8.81. The average molecular weight is 398 g/mol. The van der Waals surface area contributed by atoms with Crippen molar-refractivity contribution >= 4 is 11.8 Å². The third-order valence-electron chi connectivity index (χ3n) is 5.36. The third-order valence-corrected chi connectivity index (χ3v) is 5.36. The minimum absolute atomic E-state index is 0.115. The van der Waals surface area contributed by atoms with Crippen molar-refractivity contribution in [2.45, 2.75) is 85.1 Å². The molecule has 0 spiro atoms. The first-order valence-corrected chi connectivity index (χ1v) is 10.9. The van der Waals surface area contributed by atoms with Gasteiger partial charge in [0, 0.05) is 25.1 Å². The van der Waals surface area contributed by atoms with Crippen molar-refractivity contribution in [2.24, 2.45) is 0 Å². The summed E-state index contributed by atoms with van der Waals surface area (Å²) in [6.45, 7) is 6.64. The second kappa shape index (κ2) is 12.2. The van der Waals surface area contributed by atoms with E-state index in [4.69, 9.17) is 0 Å². The number of carbonyl (C=O) groups excluding carboxylic acids is 2. The molecule has 0 fully saturated rings. The highest BCUT2D eigenvalue weighted by atomic mass is 16.2. The maximum Gasteiger partial charge on any atom is 0.247 e. The van der Waals surface area contributed by atoms with Crippen LogP contribution in [0.4, 0.5) is 0 Å². The lowest BCUT2D eigenvalue weighted by atomic mass is 10.0. The molecule has 0 aliphatic rings. The molecular formula is C24H35N3O2. The van der Waals surface area contributed by atoms with Gasteiger partial charge in [0.05, 0.1) is 5.69 Å². The van der Waals surface area contributed by atoms with Gasteiger partial charge in [-0.05, 0) is 37.8 Å². The zero-order chi connectivity index (χ0) is 21.1. The summed E-state index contributed by atoms with van der Waals surface area (Å²) in [7, 11) is 0. The molecule has 5 nitrogen and oxygen atoms in total. The minimum Gasteiger partial charge on any atom is -0.352 e. The molecule has 0 atom stereocenters. The molecule has 0 radical (unpaired) electrons. The van der Waals surface area contributed by atoms with Gasteiger partial charge in [-0.3, -0.25) is 9.59 Å². The van der Waals surface area contributed by atoms with Gasteiger partial charge in [0.1, 0.15) is 0 Å². The molecule has 1 aromatic heterocycles. The van der Waals surface area contributed by atoms with Gasteiger partial charge in [-0.1, -0.05) is 69.4 Å². The lowest BCUT2D eigenvalue weighted by Crippen LogP contribution is -2.24. The number of nitrogens with one attached hydrogen (secondary N) is 1. The predicted octanol–water partition coefficient (Wildman–Crippen LogP) is 5.14. The quantitative estimate of drug-likeness (QED) is 0.504. The van der Waals surface area contributed by atoms with Crippen molar-refractivity contribution in [1.82, 2.24) is 15.1 Å². The average Bonchev–Trinajstić information content (AvgIpc) is 3.02. The van der Waals surface area contributed by atoms with Crippen molar-refractivity contribution in [3.8, 4) is 0 Å². The summed E-state index contributed by atoms with van der Waals surface area (Å²) in [4.78, 5) is 24.6. The van der Waals surface area contributed by atoms with Crippen LogP contribution in [0.1, 0.15) is 85.6 Å². The standard InChI is InChI=1S/C24H35N3O2/c1-4-5-6-7-8-12-15-22-19(2)26-27(20(22)3)24(29)17-16-23(28)25-18-21-13-10-9-11-14-21/h9-11,13-14H,4-8,12,15-18H2,1-3H3,(H,25,28). The largest absolute Gasteiger partial charge is 0.352 e. The second-order valence-electron chi connectivity index (χ2n) is 7.74. The van der Waals surface area contributed by atoms with E-state index in [-0.39, 0.29) is 24.7 Å². The number of amides is 1. The van der Waals surface area contributed by atoms with Gasteiger partial charge < -0.3 is 5.32 Å². The fraction of sp³-hybridized carbons (Fsp3) is 0.542. The molecule has 5 heteroatoms. The van der Waals surface area contributed by atoms with E-state index in [1.54, 1.807) is 0 Å². The van der Waals surface area contributed by atoms with Crippen LogP contribution < -0.4 is 5.32 Å². The Hall–Kier alpha value is -2.43. The molecule has 0 unspecified atom stereocenters. The maximum absolute atomic E-state index is 12.6. The van der Waals surface area contributed by atoms with Crippen LogP contribution in [0.15, 0.2) is 30.3 Å². The van der Waals surface area contributed by atoms with Crippen LogP contribution in [0.2, 0.25) is 0 Å². The zero-order valence-corrected chi connectivity index (χ0v) is 18.2. The Morgan fingerprint density at radius 1 is 0.966 bits per heavy atom. The highest BCUT2D eigenvalue weighted by molar-refractivity contribution is 5.85. The van der Waals surface area contributed by atoms with E-state index in [0.717, 1.165) is 29.8 Å². The van der Waals surface area contributed by atoms with Crippen LogP contribution in [0.25, 0.3) is 0 Å². The topological polar surface area (TPSA) is 64.0 Å². The molecule has 0 saturated carbocycles. The van der Waals surface area contributed by atoms with Crippen molar-refractivity contribution in [3.05, 3.63) is 52.8 Å². The van der Waals surface area contributed by atoms with Gasteiger partial charge in [0.15, 0.2) is 0 Å². The number of hydrogen-bond donors (Lipinski definition) is 1. The smallest absolute Gasteiger partial charge is 0.247 e. The fourth-order valence-electron chi connectivity index (χ4n) is 3.57. The molecule has 1 amide bonds. The Morgan fingerprint density at radius 2 is 1.66 bits per heavy atom. The van der Waals surface area contributed by atoms with Crippen LogP contribution in [0, 0.1) is 13.8 Å². The van der Waals surface area contributed by atoms with Crippen LogP contribution in [0.3, 0.4) is 0 Å². The number of rotatable bonds is 12. The second-order valence-corrected chi connectivity index (χ2v) is 7.74. The summed E-state index contributed by atoms with van der Waals surface area (Å²) >= 11 is 0. The van der Waals surface area contributed by atoms with E-state index in [9.17, 15) is 9.59 Å². The summed E-state index contributed by atoms with van der Waals surface area (Å²) < 4.78 is 1.49. The highest BCUT2D eigenvalue weighted by Gasteiger charge is 2.17. The van der Waals surface area contributed by atoms with Gasteiger partial charge in [-0.15, -0.1) is 0 Å². The summed E-state index contributed by atoms with van der Waals surface area (Å²) in [6, 6.07) is 9.76. The summed E-state index contributed by atoms with van der Waals surface area (Å²) in [5, 5.41) is 7.31. The highest BCUT2D eigenvalue weighted by Crippen LogP contribution is 2.18. The molecule has 0 bridgehead atoms. The van der Waals surface area contributed by atoms with Crippen molar-refractivity contribution in [1.29, 1.82) is 0 Å². The van der Waals surface area contributed by atoms with E-state index in [0.29, 0.717) is 6.54 Å². The number of aryl methyl sites for hydroxylation is 1. The monoisotopic (exact) mass is 397 g/mol. The van der Waals surface area contributed by atoms with Crippen LogP contribution >= 0.6 is 0 Å². The Morgan fingerprint density at radius 3 is 2.38 bits per heavy atom. The van der Waals surface area contributed by atoms with E-state index < -0.39 is 0 Å². The Bertz CT molecular complexity index is 781. The van der Waals surface area contributed by atoms with E-state index in [1.807, 2.05) is 44.2 Å². The molecule has 29 heavy (non-hydrogen) atoms. The number of carbonyl (C=O) groups is 2. The van der Waals surface area contributed by atoms with E-state index >= 15 is 0 Å². The fourth-order valence-corrected chi connectivity index (χ4v) is 3.57. The lowest BCUT2D eigenvalue weighted by Gasteiger charge is -2.06. The van der Waals surface area contributed by atoms with Gasteiger partial charge >= 0.3 is 0 Å². The van der Waals surface area contributed by atoms with Gasteiger partial charge in [0.2, 0.25) is 11.8 Å². The summed E-state index contributed by atoms with van der Waals surface area (Å²) in [5.41, 5.74) is 4.08. The molecule has 1 heterocycles. The molecular weight excluding hydrogens is 362 g/mol. The zero-order valence-electron chi connectivity index (χ0n) is 18.2. The first-order valence-electron chi connectivity index (χ1n) is 10.9. The predicted molar refractivity (Wildman–Crippen MR) is 117 cm³/mol. The normalized spacial score (nSPS) is 10.9. The van der Waals surface area contributed by atoms with Gasteiger partial charge in [0.25, 0.3) is 0 Å². The molecule has 2 rings (SSSR count). The minimum atomic E-state index is -0.116. The van der Waals surface area contributed by atoms with Crippen molar-refractivity contribution < 1.29 is 9.59 Å². The Labute approximate surface area is 174 Å². The molecule has 1 aromatic carbocycles. The van der Waals surface area contributed by atoms with Gasteiger partial charge in [-0.2, -0.15) is 5.10 Å². The molecule has 0 aliphatic heterocycles. The number of benzene rings is 1. The van der Waals surface area contributed by atoms with Crippen molar-refractivity contribution in [3.63, 3.8) is 0 Å².